The van der Waals surface area contributed by atoms with E-state index in [9.17, 15) is 5.11 Å². The quantitative estimate of drug-likeness (QED) is 0.743. The second-order valence-corrected chi connectivity index (χ2v) is 3.13. The van der Waals surface area contributed by atoms with Gasteiger partial charge in [0, 0.05) is 0 Å². The molecule has 0 radical (unpaired) electrons. The Bertz CT molecular complexity index is 303. The standard InChI is InChI=1S/C12H16O2/c1-3-4-8-14-12-7-5-6-11(9-12)10(2)13/h3-7,9-10,13H,8H2,1-2H3/t10-/m0/s1. The molecule has 14 heavy (non-hydrogen) atoms. The van der Waals surface area contributed by atoms with Gasteiger partial charge in [0.2, 0.25) is 0 Å². The van der Waals surface area contributed by atoms with Crippen molar-refractivity contribution >= 4 is 0 Å². The van der Waals surface area contributed by atoms with Gasteiger partial charge in [0.05, 0.1) is 6.10 Å². The Hall–Kier alpha value is -1.28. The van der Waals surface area contributed by atoms with Crippen LogP contribution in [0.2, 0.25) is 0 Å². The fourth-order valence-corrected chi connectivity index (χ4v) is 1.10. The van der Waals surface area contributed by atoms with E-state index in [-0.39, 0.29) is 0 Å². The summed E-state index contributed by atoms with van der Waals surface area (Å²) in [6, 6.07) is 7.50. The Morgan fingerprint density at radius 3 is 2.93 bits per heavy atom. The van der Waals surface area contributed by atoms with E-state index in [1.807, 2.05) is 43.3 Å². The van der Waals surface area contributed by atoms with Crippen LogP contribution >= 0.6 is 0 Å². The molecule has 0 heterocycles. The monoisotopic (exact) mass is 192 g/mol. The summed E-state index contributed by atoms with van der Waals surface area (Å²) in [6.45, 7) is 4.26. The van der Waals surface area contributed by atoms with Crippen LogP contribution in [0.4, 0.5) is 0 Å². The van der Waals surface area contributed by atoms with E-state index in [1.54, 1.807) is 6.92 Å². The van der Waals surface area contributed by atoms with Crippen molar-refractivity contribution in [1.82, 2.24) is 0 Å². The Labute approximate surface area is 84.8 Å². The van der Waals surface area contributed by atoms with Crippen LogP contribution in [0.1, 0.15) is 25.5 Å². The summed E-state index contributed by atoms with van der Waals surface area (Å²) in [4.78, 5) is 0. The van der Waals surface area contributed by atoms with E-state index in [0.29, 0.717) is 6.61 Å². The minimum Gasteiger partial charge on any atom is -0.490 e. The number of hydrogen-bond acceptors (Lipinski definition) is 2. The molecule has 0 aliphatic rings. The number of hydrogen-bond donors (Lipinski definition) is 1. The zero-order chi connectivity index (χ0) is 10.4. The Kier molecular flexibility index (Phi) is 4.20. The first kappa shape index (κ1) is 10.8. The molecule has 0 amide bonds. The molecule has 1 aromatic carbocycles. The summed E-state index contributed by atoms with van der Waals surface area (Å²) < 4.78 is 5.44. The Morgan fingerprint density at radius 2 is 2.29 bits per heavy atom. The molecule has 0 spiro atoms. The molecule has 0 bridgehead atoms. The molecule has 1 N–H and O–H groups in total. The van der Waals surface area contributed by atoms with Gasteiger partial charge in [-0.05, 0) is 31.5 Å². The van der Waals surface area contributed by atoms with Gasteiger partial charge < -0.3 is 9.84 Å². The summed E-state index contributed by atoms with van der Waals surface area (Å²) in [5.74, 6) is 0.793. The minimum absolute atomic E-state index is 0.444. The van der Waals surface area contributed by atoms with Crippen LogP contribution < -0.4 is 4.74 Å². The summed E-state index contributed by atoms with van der Waals surface area (Å²) in [6.07, 6.45) is 3.44. The fraction of sp³-hybridized carbons (Fsp3) is 0.333. The topological polar surface area (TPSA) is 29.5 Å². The van der Waals surface area contributed by atoms with Crippen molar-refractivity contribution in [3.63, 3.8) is 0 Å². The summed E-state index contributed by atoms with van der Waals surface area (Å²) >= 11 is 0. The molecule has 0 aliphatic carbocycles. The smallest absolute Gasteiger partial charge is 0.120 e. The third-order valence-corrected chi connectivity index (χ3v) is 1.92. The average molecular weight is 192 g/mol. The fourth-order valence-electron chi connectivity index (χ4n) is 1.10. The highest BCUT2D eigenvalue weighted by molar-refractivity contribution is 5.29. The first-order chi connectivity index (χ1) is 6.74. The maximum absolute atomic E-state index is 9.35. The van der Waals surface area contributed by atoms with Gasteiger partial charge in [0.15, 0.2) is 0 Å². The third kappa shape index (κ3) is 3.23. The first-order valence-electron chi connectivity index (χ1n) is 4.76. The molecule has 1 atom stereocenters. The van der Waals surface area contributed by atoms with Gasteiger partial charge in [-0.1, -0.05) is 24.3 Å². The van der Waals surface area contributed by atoms with Gasteiger partial charge in [-0.2, -0.15) is 0 Å². The maximum atomic E-state index is 9.35. The van der Waals surface area contributed by atoms with Gasteiger partial charge in [-0.25, -0.2) is 0 Å². The molecule has 0 fully saturated rings. The number of allylic oxidation sites excluding steroid dienone is 1. The number of aliphatic hydroxyl groups is 1. The van der Waals surface area contributed by atoms with Gasteiger partial charge >= 0.3 is 0 Å². The van der Waals surface area contributed by atoms with E-state index in [1.165, 1.54) is 0 Å². The van der Waals surface area contributed by atoms with Crippen LogP contribution in [-0.2, 0) is 0 Å². The highest BCUT2D eigenvalue weighted by Gasteiger charge is 2.01. The second kappa shape index (κ2) is 5.45. The zero-order valence-electron chi connectivity index (χ0n) is 8.60. The highest BCUT2D eigenvalue weighted by atomic mass is 16.5. The largest absolute Gasteiger partial charge is 0.490 e. The van der Waals surface area contributed by atoms with Crippen LogP contribution in [0.5, 0.6) is 5.75 Å². The first-order valence-corrected chi connectivity index (χ1v) is 4.76. The third-order valence-electron chi connectivity index (χ3n) is 1.92. The molecular weight excluding hydrogens is 176 g/mol. The van der Waals surface area contributed by atoms with Crippen LogP contribution in [0.25, 0.3) is 0 Å². The molecule has 0 aliphatic heterocycles. The van der Waals surface area contributed by atoms with E-state index in [2.05, 4.69) is 0 Å². The molecule has 0 saturated heterocycles. The predicted molar refractivity (Wildman–Crippen MR) is 57.4 cm³/mol. The van der Waals surface area contributed by atoms with Gasteiger partial charge in [-0.3, -0.25) is 0 Å². The van der Waals surface area contributed by atoms with Crippen LogP contribution in [-0.4, -0.2) is 11.7 Å². The lowest BCUT2D eigenvalue weighted by atomic mass is 10.1. The Morgan fingerprint density at radius 1 is 1.50 bits per heavy atom. The van der Waals surface area contributed by atoms with Crippen LogP contribution in [0.3, 0.4) is 0 Å². The zero-order valence-corrected chi connectivity index (χ0v) is 8.60. The Balaban J connectivity index is 2.64. The van der Waals surface area contributed by atoms with Crippen molar-refractivity contribution in [3.05, 3.63) is 42.0 Å². The highest BCUT2D eigenvalue weighted by Crippen LogP contribution is 2.18. The van der Waals surface area contributed by atoms with E-state index < -0.39 is 6.10 Å². The van der Waals surface area contributed by atoms with Gasteiger partial charge in [-0.15, -0.1) is 0 Å². The molecule has 0 saturated carbocycles. The van der Waals surface area contributed by atoms with Crippen molar-refractivity contribution in [2.24, 2.45) is 0 Å². The molecule has 2 nitrogen and oxygen atoms in total. The molecule has 2 heteroatoms. The molecule has 1 rings (SSSR count). The molecule has 0 aromatic heterocycles. The van der Waals surface area contributed by atoms with E-state index in [4.69, 9.17) is 4.74 Å². The van der Waals surface area contributed by atoms with Crippen molar-refractivity contribution in [1.29, 1.82) is 0 Å². The number of aliphatic hydroxyl groups excluding tert-OH is 1. The van der Waals surface area contributed by atoms with Crippen LogP contribution in [0, 0.1) is 0 Å². The summed E-state index contributed by atoms with van der Waals surface area (Å²) in [5, 5.41) is 9.35. The minimum atomic E-state index is -0.444. The number of benzene rings is 1. The second-order valence-electron chi connectivity index (χ2n) is 3.13. The average Bonchev–Trinajstić information content (AvgIpc) is 2.19. The lowest BCUT2D eigenvalue weighted by molar-refractivity contribution is 0.198. The normalized spacial score (nSPS) is 13.1. The SMILES string of the molecule is CC=CCOc1cccc([C@H](C)O)c1. The molecular formula is C12H16O2. The lowest BCUT2D eigenvalue weighted by Crippen LogP contribution is -1.95. The van der Waals surface area contributed by atoms with E-state index in [0.717, 1.165) is 11.3 Å². The van der Waals surface area contributed by atoms with Crippen LogP contribution in [0.15, 0.2) is 36.4 Å². The molecule has 1 aromatic rings. The summed E-state index contributed by atoms with van der Waals surface area (Å²) in [7, 11) is 0. The number of ether oxygens (including phenoxy) is 1. The molecule has 0 unspecified atom stereocenters. The van der Waals surface area contributed by atoms with Gasteiger partial charge in [0.25, 0.3) is 0 Å². The molecule has 76 valence electrons. The summed E-state index contributed by atoms with van der Waals surface area (Å²) in [5.41, 5.74) is 0.878. The van der Waals surface area contributed by atoms with Crippen molar-refractivity contribution in [2.75, 3.05) is 6.61 Å². The van der Waals surface area contributed by atoms with E-state index >= 15 is 0 Å². The lowest BCUT2D eigenvalue weighted by Gasteiger charge is -2.07. The van der Waals surface area contributed by atoms with Crippen molar-refractivity contribution < 1.29 is 9.84 Å². The van der Waals surface area contributed by atoms with Crippen molar-refractivity contribution in [2.45, 2.75) is 20.0 Å². The number of rotatable bonds is 4. The predicted octanol–water partition coefficient (Wildman–Crippen LogP) is 2.69. The van der Waals surface area contributed by atoms with Gasteiger partial charge in [0.1, 0.15) is 12.4 Å². The maximum Gasteiger partial charge on any atom is 0.120 e. The van der Waals surface area contributed by atoms with Crippen molar-refractivity contribution in [3.8, 4) is 5.75 Å².